The second kappa shape index (κ2) is 6.14. The zero-order valence-corrected chi connectivity index (χ0v) is 14.6. The zero-order chi connectivity index (χ0) is 16.7. The van der Waals surface area contributed by atoms with E-state index in [1.165, 1.54) is 11.3 Å². The maximum Gasteiger partial charge on any atom is 0.267 e. The van der Waals surface area contributed by atoms with Crippen LogP contribution in [0.25, 0.3) is 0 Å². The lowest BCUT2D eigenvalue weighted by Gasteiger charge is -2.43. The molecule has 0 radical (unpaired) electrons. The van der Waals surface area contributed by atoms with E-state index in [4.69, 9.17) is 12.2 Å². The number of fused-ring (bicyclic) bond motifs is 4. The van der Waals surface area contributed by atoms with E-state index < -0.39 is 0 Å². The molecule has 1 amide bonds. The first-order valence-electron chi connectivity index (χ1n) is 7.95. The number of likely N-dealkylation sites (tertiary alicyclic amines) is 1. The molecular weight excluding hydrogens is 342 g/mol. The smallest absolute Gasteiger partial charge is 0.267 e. The molecule has 2 aliphatic rings. The largest absolute Gasteiger partial charge is 0.348 e. The van der Waals surface area contributed by atoms with Crippen LogP contribution in [0, 0.1) is 5.92 Å². The molecule has 1 saturated heterocycles. The molecule has 1 fully saturated rings. The number of carbonyl (C=O) groups excluding carboxylic acids is 1. The van der Waals surface area contributed by atoms with E-state index in [0.29, 0.717) is 15.9 Å². The Morgan fingerprint density at radius 1 is 1.21 bits per heavy atom. The van der Waals surface area contributed by atoms with Crippen molar-refractivity contribution in [3.05, 3.63) is 56.6 Å². The zero-order valence-electron chi connectivity index (χ0n) is 13.0. The molecule has 0 spiro atoms. The average Bonchev–Trinajstić information content (AvgIpc) is 3.10. The summed E-state index contributed by atoms with van der Waals surface area (Å²) in [7, 11) is 0. The van der Waals surface area contributed by atoms with Gasteiger partial charge in [-0.3, -0.25) is 14.9 Å². The fraction of sp³-hybridized carbons (Fsp3) is 0.353. The summed E-state index contributed by atoms with van der Waals surface area (Å²) in [5.41, 5.74) is 1.15. The minimum Gasteiger partial charge on any atom is -0.348 e. The highest BCUT2D eigenvalue weighted by molar-refractivity contribution is 7.80. The molecule has 2 aliphatic heterocycles. The van der Waals surface area contributed by atoms with Crippen LogP contribution in [0.15, 0.2) is 40.5 Å². The van der Waals surface area contributed by atoms with E-state index in [-0.39, 0.29) is 17.4 Å². The summed E-state index contributed by atoms with van der Waals surface area (Å²) < 4.78 is 1.89. The maximum atomic E-state index is 12.2. The highest BCUT2D eigenvalue weighted by Crippen LogP contribution is 2.34. The van der Waals surface area contributed by atoms with Gasteiger partial charge in [0.2, 0.25) is 0 Å². The molecule has 24 heavy (non-hydrogen) atoms. The maximum absolute atomic E-state index is 12.2. The number of hydrogen-bond donors (Lipinski definition) is 1. The van der Waals surface area contributed by atoms with Crippen LogP contribution in [-0.4, -0.2) is 33.6 Å². The summed E-state index contributed by atoms with van der Waals surface area (Å²) in [5, 5.41) is 5.19. The first kappa shape index (κ1) is 15.5. The second-order valence-electron chi connectivity index (χ2n) is 6.34. The van der Waals surface area contributed by atoms with Crippen LogP contribution in [-0.2, 0) is 6.54 Å². The van der Waals surface area contributed by atoms with Crippen molar-refractivity contribution in [2.75, 3.05) is 13.1 Å². The third-order valence-electron chi connectivity index (χ3n) is 4.73. The Hall–Kier alpha value is -1.99. The SMILES string of the molecule is O=C(NC(=S)N1C[C@@H]2C[C@@H](C1)c1cccc(=O)n1C2)c1cccs1. The normalized spacial score (nSPS) is 21.9. The van der Waals surface area contributed by atoms with Crippen molar-refractivity contribution < 1.29 is 4.79 Å². The molecule has 7 heteroatoms. The quantitative estimate of drug-likeness (QED) is 0.792. The molecule has 0 aliphatic carbocycles. The number of amides is 1. The van der Waals surface area contributed by atoms with Crippen molar-refractivity contribution in [2.24, 2.45) is 5.92 Å². The van der Waals surface area contributed by atoms with Gasteiger partial charge in [-0.1, -0.05) is 12.1 Å². The first-order chi connectivity index (χ1) is 11.6. The number of carbonyl (C=O) groups is 1. The highest BCUT2D eigenvalue weighted by Gasteiger charge is 2.35. The standard InChI is InChI=1S/C17H17N3O2S2/c21-15-5-1-3-13-12-7-11(9-20(13)15)8-19(10-12)17(23)18-16(22)14-4-2-6-24-14/h1-6,11-12H,7-10H2,(H,18,22,23)/t11-,12-/m0/s1. The predicted molar refractivity (Wildman–Crippen MR) is 97.5 cm³/mol. The number of thiocarbonyl (C=S) groups is 1. The van der Waals surface area contributed by atoms with E-state index in [1.54, 1.807) is 12.1 Å². The first-order valence-corrected chi connectivity index (χ1v) is 9.24. The van der Waals surface area contributed by atoms with Crippen LogP contribution in [0.3, 0.4) is 0 Å². The Bertz CT molecular complexity index is 844. The summed E-state index contributed by atoms with van der Waals surface area (Å²) in [5.74, 6) is 0.512. The van der Waals surface area contributed by atoms with Crippen molar-refractivity contribution in [3.63, 3.8) is 0 Å². The number of pyridine rings is 1. The summed E-state index contributed by atoms with van der Waals surface area (Å²) in [6, 6.07) is 9.11. The molecule has 2 aromatic heterocycles. The third-order valence-corrected chi connectivity index (χ3v) is 5.96. The van der Waals surface area contributed by atoms with Gasteiger partial charge in [-0.2, -0.15) is 0 Å². The van der Waals surface area contributed by atoms with Crippen molar-refractivity contribution >= 4 is 34.6 Å². The number of rotatable bonds is 1. The predicted octanol–water partition coefficient (Wildman–Crippen LogP) is 2.04. The molecule has 0 saturated carbocycles. The van der Waals surface area contributed by atoms with Gasteiger partial charge in [-0.05, 0) is 42.1 Å². The van der Waals surface area contributed by atoms with Crippen molar-refractivity contribution in [1.29, 1.82) is 0 Å². The molecule has 124 valence electrons. The van der Waals surface area contributed by atoms with E-state index in [2.05, 4.69) is 10.2 Å². The van der Waals surface area contributed by atoms with Gasteiger partial charge >= 0.3 is 0 Å². The topological polar surface area (TPSA) is 54.3 Å². The minimum atomic E-state index is -0.151. The second-order valence-corrected chi connectivity index (χ2v) is 7.67. The van der Waals surface area contributed by atoms with Crippen LogP contribution < -0.4 is 10.9 Å². The summed E-state index contributed by atoms with van der Waals surface area (Å²) >= 11 is 6.86. The van der Waals surface area contributed by atoms with E-state index >= 15 is 0 Å². The molecule has 4 heterocycles. The molecular formula is C17H17N3O2S2. The highest BCUT2D eigenvalue weighted by atomic mass is 32.1. The summed E-state index contributed by atoms with van der Waals surface area (Å²) in [6.07, 6.45) is 1.07. The lowest BCUT2D eigenvalue weighted by Crippen LogP contribution is -2.52. The van der Waals surface area contributed by atoms with Crippen molar-refractivity contribution in [1.82, 2.24) is 14.8 Å². The van der Waals surface area contributed by atoms with Gasteiger partial charge in [-0.15, -0.1) is 11.3 Å². The molecule has 0 unspecified atom stereocenters. The number of nitrogens with zero attached hydrogens (tertiary/aromatic N) is 2. The Morgan fingerprint density at radius 3 is 2.88 bits per heavy atom. The van der Waals surface area contributed by atoms with Gasteiger partial charge < -0.3 is 9.47 Å². The fourth-order valence-corrected chi connectivity index (χ4v) is 4.57. The summed E-state index contributed by atoms with van der Waals surface area (Å²) in [4.78, 5) is 27.0. The number of aromatic nitrogens is 1. The molecule has 2 aromatic rings. The van der Waals surface area contributed by atoms with E-state index in [1.807, 2.05) is 28.1 Å². The van der Waals surface area contributed by atoms with Gasteiger partial charge in [0.1, 0.15) is 0 Å². The Balaban J connectivity index is 1.50. The van der Waals surface area contributed by atoms with Crippen molar-refractivity contribution in [2.45, 2.75) is 18.9 Å². The molecule has 1 N–H and O–H groups in total. The summed E-state index contributed by atoms with van der Waals surface area (Å²) in [6.45, 7) is 2.24. The van der Waals surface area contributed by atoms with Crippen LogP contribution >= 0.6 is 23.6 Å². The molecule has 2 atom stereocenters. The Labute approximate surface area is 148 Å². The van der Waals surface area contributed by atoms with Crippen molar-refractivity contribution in [3.8, 4) is 0 Å². The lowest BCUT2D eigenvalue weighted by molar-refractivity contribution is 0.0972. The molecule has 2 bridgehead atoms. The van der Waals surface area contributed by atoms with Gasteiger partial charge in [0, 0.05) is 37.3 Å². The molecule has 0 aromatic carbocycles. The van der Waals surface area contributed by atoms with Gasteiger partial charge in [0.15, 0.2) is 5.11 Å². The number of piperidine rings is 1. The molecule has 4 rings (SSSR count). The Morgan fingerprint density at radius 2 is 2.08 bits per heavy atom. The van der Waals surface area contributed by atoms with Gasteiger partial charge in [0.25, 0.3) is 11.5 Å². The minimum absolute atomic E-state index is 0.0734. The van der Waals surface area contributed by atoms with Gasteiger partial charge in [0.05, 0.1) is 4.88 Å². The third kappa shape index (κ3) is 2.78. The number of hydrogen-bond acceptors (Lipinski definition) is 4. The lowest BCUT2D eigenvalue weighted by atomic mass is 9.83. The molecule has 5 nitrogen and oxygen atoms in total. The monoisotopic (exact) mass is 359 g/mol. The van der Waals surface area contributed by atoms with Crippen LogP contribution in [0.4, 0.5) is 0 Å². The van der Waals surface area contributed by atoms with Crippen LogP contribution in [0.2, 0.25) is 0 Å². The van der Waals surface area contributed by atoms with E-state index in [9.17, 15) is 9.59 Å². The van der Waals surface area contributed by atoms with E-state index in [0.717, 1.165) is 31.7 Å². The Kier molecular flexibility index (Phi) is 3.97. The fourth-order valence-electron chi connectivity index (χ4n) is 3.71. The van der Waals surface area contributed by atoms with Crippen LogP contribution in [0.1, 0.15) is 27.7 Å². The number of nitrogens with one attached hydrogen (secondary N) is 1. The average molecular weight is 359 g/mol. The number of thiophene rings is 1. The van der Waals surface area contributed by atoms with Gasteiger partial charge in [-0.25, -0.2) is 0 Å². The van der Waals surface area contributed by atoms with Crippen LogP contribution in [0.5, 0.6) is 0 Å².